The van der Waals surface area contributed by atoms with Crippen molar-refractivity contribution in [1.29, 1.82) is 0 Å². The first-order valence-electron chi connectivity index (χ1n) is 44.0. The van der Waals surface area contributed by atoms with Crippen molar-refractivity contribution in [2.45, 2.75) is 79.6 Å². The van der Waals surface area contributed by atoms with Gasteiger partial charge in [0.25, 0.3) is 11.1 Å². The molecule has 0 bridgehead atoms. The molecule has 9 aromatic heterocycles. The number of aromatic amines is 2. The van der Waals surface area contributed by atoms with E-state index < -0.39 is 273 Å². The second kappa shape index (κ2) is 50.6. The molecule has 10 aromatic rings. The highest BCUT2D eigenvalue weighted by atomic mass is 16.2. The smallest absolute Gasteiger partial charge is 0.349 e. The molecular formula is C83H107N39O21. The normalized spacial score (nSPS) is 11.0. The first kappa shape index (κ1) is 107. The van der Waals surface area contributed by atoms with Crippen LogP contribution in [0.5, 0.6) is 0 Å². The third kappa shape index (κ3) is 32.1. The zero-order valence-electron chi connectivity index (χ0n) is 77.9. The van der Waals surface area contributed by atoms with Crippen LogP contribution in [0.25, 0.3) is 22.3 Å². The van der Waals surface area contributed by atoms with Gasteiger partial charge in [-0.1, -0.05) is 13.8 Å². The lowest BCUT2D eigenvalue weighted by Gasteiger charge is -2.26. The molecule has 10 rings (SSSR count). The van der Waals surface area contributed by atoms with Gasteiger partial charge in [-0.25, -0.2) is 53.9 Å². The number of aromatic nitrogens is 18. The maximum Gasteiger partial charge on any atom is 0.349 e. The SMILES string of the molecule is Cc1cn(CC(=O)N(CCNC(=O)CN(CCNC(=O)CN(CCNC(=O)CN(CCNC(C)C)C(=O)Cn2ccc(N)nc2=O)C(=O)Cn2cc(C)c(=O)[nH]c2=O)C(=O)Cn2cnc3c(N)ncnc32)CC(=O)NCCN(CC(=O)NCCN(CC(=O)NCCN(CC(=O)Nc2ccc(N)cc2)C(=O)Cn2ccc(N)nc2=O)C(=O)Cn2cnc3c(N)ncnc32)C(=O)Cn2ccc(N)nc2=O)c(=O)[nH]c1=O. The molecule has 0 radical (unpaired) electrons. The second-order valence-electron chi connectivity index (χ2n) is 32.4. The number of aryl methyl sites for hydroxylation is 2. The summed E-state index contributed by atoms with van der Waals surface area (Å²) < 4.78 is 7.12. The highest BCUT2D eigenvalue weighted by Crippen LogP contribution is 2.18. The number of nitrogens with zero attached hydrogens (tertiary/aromatic N) is 23. The van der Waals surface area contributed by atoms with Crippen LogP contribution in [0, 0.1) is 13.8 Å². The molecule has 22 N–H and O–H groups in total. The van der Waals surface area contributed by atoms with Gasteiger partial charge in [0, 0.05) is 151 Å². The molecular weight excluding hydrogens is 1880 g/mol. The number of carbonyl (C=O) groups excluding carboxylic acids is 14. The summed E-state index contributed by atoms with van der Waals surface area (Å²) in [5.74, 6) is -12.0. The van der Waals surface area contributed by atoms with E-state index >= 15 is 0 Å². The van der Waals surface area contributed by atoms with E-state index in [1.54, 1.807) is 0 Å². The summed E-state index contributed by atoms with van der Waals surface area (Å²) in [7, 11) is 0. The Morgan fingerprint density at radius 2 is 0.601 bits per heavy atom. The molecule has 0 spiro atoms. The molecule has 0 saturated carbocycles. The van der Waals surface area contributed by atoms with Crippen LogP contribution in [-0.4, -0.2) is 347 Å². The third-order valence-corrected chi connectivity index (χ3v) is 21.2. The van der Waals surface area contributed by atoms with Gasteiger partial charge in [-0.2, -0.15) is 15.0 Å². The number of amides is 14. The van der Waals surface area contributed by atoms with Gasteiger partial charge in [0.1, 0.15) is 87.0 Å². The summed E-state index contributed by atoms with van der Waals surface area (Å²) >= 11 is 0. The van der Waals surface area contributed by atoms with E-state index in [1.165, 1.54) is 95.4 Å². The van der Waals surface area contributed by atoms with E-state index in [2.05, 4.69) is 97.4 Å². The summed E-state index contributed by atoms with van der Waals surface area (Å²) in [5, 5.41) is 21.3. The van der Waals surface area contributed by atoms with Crippen molar-refractivity contribution in [2.75, 3.05) is 177 Å². The van der Waals surface area contributed by atoms with Crippen molar-refractivity contribution in [3.05, 3.63) is 183 Å². The van der Waals surface area contributed by atoms with Crippen LogP contribution in [0.1, 0.15) is 25.0 Å². The molecule has 0 aliphatic heterocycles. The highest BCUT2D eigenvalue weighted by Gasteiger charge is 2.30. The number of hydrogen-bond donors (Lipinski definition) is 16. The molecule has 14 amide bonds. The predicted molar refractivity (Wildman–Crippen MR) is 507 cm³/mol. The van der Waals surface area contributed by atoms with E-state index in [9.17, 15) is 101 Å². The summed E-state index contributed by atoms with van der Waals surface area (Å²) in [6, 6.07) is 9.88. The lowest BCUT2D eigenvalue weighted by Crippen LogP contribution is -2.50. The van der Waals surface area contributed by atoms with Crippen LogP contribution < -0.4 is 117 Å². The number of anilines is 7. The number of imidazole rings is 2. The van der Waals surface area contributed by atoms with Crippen LogP contribution in [0.4, 0.5) is 40.5 Å². The summed E-state index contributed by atoms with van der Waals surface area (Å²) in [4.78, 5) is 332. The molecule has 0 saturated heterocycles. The van der Waals surface area contributed by atoms with Crippen molar-refractivity contribution < 1.29 is 67.1 Å². The van der Waals surface area contributed by atoms with Gasteiger partial charge in [0.2, 0.25) is 82.7 Å². The Labute approximate surface area is 807 Å². The second-order valence-corrected chi connectivity index (χ2v) is 32.4. The van der Waals surface area contributed by atoms with Gasteiger partial charge in [-0.15, -0.1) is 0 Å². The number of nitrogens with two attached hydrogens (primary N) is 6. The zero-order chi connectivity index (χ0) is 104. The number of H-pyrrole nitrogens is 2. The van der Waals surface area contributed by atoms with Gasteiger partial charge < -0.3 is 120 Å². The number of carbonyl (C=O) groups is 14. The molecule has 9 heterocycles. The molecule has 760 valence electrons. The Bertz CT molecular complexity index is 6840. The summed E-state index contributed by atoms with van der Waals surface area (Å²) in [6.45, 7) is -8.10. The molecule has 60 heteroatoms. The van der Waals surface area contributed by atoms with E-state index in [4.69, 9.17) is 34.4 Å². The quantitative estimate of drug-likeness (QED) is 0.0157. The highest BCUT2D eigenvalue weighted by molar-refractivity contribution is 5.95. The van der Waals surface area contributed by atoms with E-state index in [0.717, 1.165) is 83.5 Å². The monoisotopic (exact) mass is 1990 g/mol. The number of hydrogen-bond acceptors (Lipinski definition) is 37. The molecule has 0 aliphatic rings. The minimum atomic E-state index is -1.03. The minimum Gasteiger partial charge on any atom is -0.399 e. The third-order valence-electron chi connectivity index (χ3n) is 21.2. The molecule has 0 atom stereocenters. The fourth-order valence-electron chi connectivity index (χ4n) is 13.7. The summed E-state index contributed by atoms with van der Waals surface area (Å²) in [5.41, 5.74) is 30.0. The van der Waals surface area contributed by atoms with Crippen molar-refractivity contribution in [3.8, 4) is 0 Å². The summed E-state index contributed by atoms with van der Waals surface area (Å²) in [6.07, 6.45) is 10.5. The van der Waals surface area contributed by atoms with E-state index in [0.29, 0.717) is 11.4 Å². The molecule has 1 aromatic carbocycles. The molecule has 0 unspecified atom stereocenters. The number of nitrogen functional groups attached to an aromatic ring is 6. The van der Waals surface area contributed by atoms with Crippen molar-refractivity contribution >= 4 is 145 Å². The first-order chi connectivity index (χ1) is 68.1. The molecule has 0 aliphatic carbocycles. The van der Waals surface area contributed by atoms with Crippen molar-refractivity contribution in [1.82, 2.24) is 158 Å². The van der Waals surface area contributed by atoms with Gasteiger partial charge in [-0.3, -0.25) is 110 Å². The Hall–Kier alpha value is -18.3. The lowest BCUT2D eigenvalue weighted by molar-refractivity contribution is -0.138. The average Bonchev–Trinajstić information content (AvgIpc) is 1.49. The minimum absolute atomic E-state index is 0.00109. The first-order valence-corrected chi connectivity index (χ1v) is 44.0. The van der Waals surface area contributed by atoms with Crippen molar-refractivity contribution in [2.24, 2.45) is 0 Å². The number of nitrogens with one attached hydrogen (secondary N) is 10. The predicted octanol–water partition coefficient (Wildman–Crippen LogP) is -12.2. The molecule has 60 nitrogen and oxygen atoms in total. The van der Waals surface area contributed by atoms with E-state index in [1.807, 2.05) is 13.8 Å². The maximum absolute atomic E-state index is 14.5. The Kier molecular flexibility index (Phi) is 37.8. The van der Waals surface area contributed by atoms with Crippen LogP contribution in [-0.2, 0) is 113 Å². The van der Waals surface area contributed by atoms with Gasteiger partial charge in [-0.05, 0) is 56.3 Å². The van der Waals surface area contributed by atoms with Crippen LogP contribution in [0.3, 0.4) is 0 Å². The van der Waals surface area contributed by atoms with Gasteiger partial charge >= 0.3 is 28.4 Å². The number of rotatable bonds is 51. The van der Waals surface area contributed by atoms with Gasteiger partial charge in [0.15, 0.2) is 22.9 Å². The number of benzene rings is 1. The van der Waals surface area contributed by atoms with Crippen molar-refractivity contribution in [3.63, 3.8) is 0 Å². The fourth-order valence-corrected chi connectivity index (χ4v) is 13.7. The lowest BCUT2D eigenvalue weighted by atomic mass is 10.3. The Morgan fingerprint density at radius 3 is 0.881 bits per heavy atom. The molecule has 143 heavy (non-hydrogen) atoms. The largest absolute Gasteiger partial charge is 0.399 e. The van der Waals surface area contributed by atoms with Crippen LogP contribution in [0.2, 0.25) is 0 Å². The Morgan fingerprint density at radius 1 is 0.336 bits per heavy atom. The topological polar surface area (TPSA) is 816 Å². The van der Waals surface area contributed by atoms with Crippen LogP contribution >= 0.6 is 0 Å². The van der Waals surface area contributed by atoms with Crippen LogP contribution in [0.15, 0.2) is 132 Å². The standard InChI is InChI=1S/C83H107N39O21/c1-49(2)90-12-22-109(64(130)38-116-19-9-54(85)104-79(116)139)31-57(123)92-14-24-111(67(133)41-119-29-50(3)77(137)107-82(119)142)34-60(126)95-17-27-113(69(135)43-121-47-101-71-73(88)97-45-99-75(71)121)35-61(127)93-15-25-112(68(134)42-120-30-51(4)78(138)108-83(120)143)33-59(125)91-13-23-110(65(131)39-117-20-10-55(86)105-80(117)140)32-58(124)94-16-26-114(70(136)44-122-48-102-72-74(89)98-46-100-76(72)122)36-62(128)96-18-28-115(37-63(129)103-53-7-5-52(84)6-8-53)66(132)40-118-21-11-56(87)106-81(118)141/h5-11,19-21,29-30,45-49,90H,12-18,22-28,31-44,84H2,1-4H3,(H,91,125)(H,92,123)(H,93,127)(H,94,124)(H,95,126)(H,96,128)(H,103,129)(H2,85,104,139)(H2,86,105,140)(H2,87,106,141)(H2,88,97,99)(H2,89,98,100)(H,107,137,142)(H,108,138,143). The zero-order valence-corrected chi connectivity index (χ0v) is 77.9. The van der Waals surface area contributed by atoms with E-state index in [-0.39, 0.29) is 101 Å². The molecule has 0 fully saturated rings. The average molecular weight is 1990 g/mol. The number of fused-ring (bicyclic) bond motifs is 2. The maximum atomic E-state index is 14.5. The fraction of sp³-hybridized carbons (Fsp3) is 0.398. The Balaban J connectivity index is 0.802. The van der Waals surface area contributed by atoms with Gasteiger partial charge in [0.05, 0.1) is 58.5 Å².